The number of ketones is 2. The van der Waals surface area contributed by atoms with Gasteiger partial charge in [0.05, 0.1) is 0 Å². The molecule has 1 N–H and O–H groups in total. The number of rotatable bonds is 15. The Bertz CT molecular complexity index is 2280. The Balaban J connectivity index is 0.932. The van der Waals surface area contributed by atoms with Gasteiger partial charge in [-0.25, -0.2) is 9.59 Å². The number of Topliss-reactive ketones (excluding diaryl/α,β-unsaturated/α-hetero) is 2. The molecule has 1 heterocycles. The lowest BCUT2D eigenvalue weighted by Gasteiger charge is -2.58. The molecule has 8 atom stereocenters. The van der Waals surface area contributed by atoms with Crippen LogP contribution in [-0.4, -0.2) is 65.8 Å². The quantitative estimate of drug-likeness (QED) is 0.0684. The molecule has 348 valence electrons. The molecule has 1 aromatic heterocycles. The van der Waals surface area contributed by atoms with Gasteiger partial charge in [0.15, 0.2) is 24.8 Å². The van der Waals surface area contributed by atoms with E-state index in [1.54, 1.807) is 45.0 Å². The zero-order valence-corrected chi connectivity index (χ0v) is 39.8. The molecule has 11 heteroatoms. The minimum Gasteiger partial charge on any atom is -0.456 e. The Morgan fingerprint density at radius 3 is 2.11 bits per heavy atom. The lowest BCUT2D eigenvalue weighted by atomic mass is 9.47. The Morgan fingerprint density at radius 2 is 1.48 bits per heavy atom. The number of benzene rings is 2. The molecule has 4 aliphatic carbocycles. The summed E-state index contributed by atoms with van der Waals surface area (Å²) in [6.07, 6.45) is 13.7. The van der Waals surface area contributed by atoms with Crippen molar-refractivity contribution < 1.29 is 42.9 Å². The van der Waals surface area contributed by atoms with Crippen LogP contribution < -0.4 is 5.32 Å². The minimum atomic E-state index is -0.822. The van der Waals surface area contributed by atoms with E-state index in [1.165, 1.54) is 50.5 Å². The summed E-state index contributed by atoms with van der Waals surface area (Å²) in [5.41, 5.74) is 3.73. The number of esters is 1. The van der Waals surface area contributed by atoms with E-state index >= 15 is 0 Å². The van der Waals surface area contributed by atoms with Crippen LogP contribution in [0.25, 0.3) is 21.8 Å². The van der Waals surface area contributed by atoms with Gasteiger partial charge in [-0.1, -0.05) is 65.5 Å². The molecule has 0 radical (unpaired) electrons. The van der Waals surface area contributed by atoms with Crippen molar-refractivity contribution in [3.63, 3.8) is 0 Å². The molecule has 0 bridgehead atoms. The average molecular weight is 881 g/mol. The second-order valence-corrected chi connectivity index (χ2v) is 21.4. The molecule has 3 fully saturated rings. The van der Waals surface area contributed by atoms with Crippen LogP contribution in [0.3, 0.4) is 0 Å². The molecule has 7 rings (SSSR count). The minimum absolute atomic E-state index is 0.132. The molecular formula is C53H72N2O9. The number of hydrogen-bond acceptors (Lipinski definition) is 9. The van der Waals surface area contributed by atoms with Gasteiger partial charge in [-0.05, 0) is 155 Å². The average Bonchev–Trinajstić information content (AvgIpc) is 3.77. The largest absolute Gasteiger partial charge is 0.509 e. The number of fused-ring (bicyclic) bond motifs is 8. The molecule has 0 aliphatic heterocycles. The number of amides is 1. The molecular weight excluding hydrogens is 809 g/mol. The first-order valence-corrected chi connectivity index (χ1v) is 24.1. The maximum absolute atomic E-state index is 13.5. The summed E-state index contributed by atoms with van der Waals surface area (Å²) in [6, 6.07) is 10.6. The summed E-state index contributed by atoms with van der Waals surface area (Å²) in [7, 11) is 0. The van der Waals surface area contributed by atoms with Gasteiger partial charge in [0.2, 0.25) is 0 Å². The normalized spacial score (nSPS) is 26.9. The zero-order chi connectivity index (χ0) is 46.1. The van der Waals surface area contributed by atoms with Crippen molar-refractivity contribution >= 4 is 51.6 Å². The van der Waals surface area contributed by atoms with Crippen LogP contribution in [-0.2, 0) is 30.3 Å². The molecule has 11 nitrogen and oxygen atoms in total. The molecule has 64 heavy (non-hydrogen) atoms. The third-order valence-corrected chi connectivity index (χ3v) is 15.8. The highest BCUT2D eigenvalue weighted by atomic mass is 16.7. The van der Waals surface area contributed by atoms with Crippen LogP contribution in [0.1, 0.15) is 154 Å². The Morgan fingerprint density at radius 1 is 0.828 bits per heavy atom. The summed E-state index contributed by atoms with van der Waals surface area (Å²) in [4.78, 5) is 63.9. The molecule has 0 spiro atoms. The van der Waals surface area contributed by atoms with E-state index in [9.17, 15) is 24.0 Å². The Labute approximate surface area is 379 Å². The molecule has 2 aromatic carbocycles. The second-order valence-electron chi connectivity index (χ2n) is 21.4. The van der Waals surface area contributed by atoms with E-state index in [2.05, 4.69) is 50.6 Å². The van der Waals surface area contributed by atoms with Crippen molar-refractivity contribution in [3.8, 4) is 0 Å². The highest BCUT2D eigenvalue weighted by Gasteiger charge is 2.59. The van der Waals surface area contributed by atoms with E-state index < -0.39 is 49.4 Å². The fourth-order valence-corrected chi connectivity index (χ4v) is 12.7. The van der Waals surface area contributed by atoms with Crippen molar-refractivity contribution in [2.45, 2.75) is 151 Å². The van der Waals surface area contributed by atoms with Crippen molar-refractivity contribution in [2.75, 3.05) is 19.8 Å². The smallest absolute Gasteiger partial charge is 0.456 e. The van der Waals surface area contributed by atoms with Gasteiger partial charge >= 0.3 is 18.2 Å². The fourth-order valence-electron chi connectivity index (χ4n) is 12.7. The molecule has 3 saturated carbocycles. The van der Waals surface area contributed by atoms with E-state index in [1.807, 2.05) is 19.1 Å². The van der Waals surface area contributed by atoms with E-state index in [0.717, 1.165) is 77.1 Å². The number of alkyl carbamates (subject to hydrolysis) is 1. The molecule has 1 unspecified atom stereocenters. The van der Waals surface area contributed by atoms with Crippen molar-refractivity contribution in [1.29, 1.82) is 0 Å². The van der Waals surface area contributed by atoms with Gasteiger partial charge in [0, 0.05) is 45.9 Å². The number of aryl methyl sites for hydroxylation is 1. The number of nitrogens with one attached hydrogen (secondary N) is 1. The maximum Gasteiger partial charge on any atom is 0.509 e. The number of carbonyl (C=O) groups is 5. The third-order valence-electron chi connectivity index (χ3n) is 15.8. The van der Waals surface area contributed by atoms with Gasteiger partial charge in [-0.2, -0.15) is 0 Å². The van der Waals surface area contributed by atoms with Crippen LogP contribution in [0.5, 0.6) is 0 Å². The van der Waals surface area contributed by atoms with Gasteiger partial charge in [0.1, 0.15) is 18.2 Å². The van der Waals surface area contributed by atoms with Crippen LogP contribution in [0.15, 0.2) is 48.0 Å². The Kier molecular flexibility index (Phi) is 14.1. The summed E-state index contributed by atoms with van der Waals surface area (Å²) < 4.78 is 23.7. The van der Waals surface area contributed by atoms with Gasteiger partial charge < -0.3 is 28.8 Å². The standard InChI is InChI=1S/C53H72N2O9/c1-10-55-44-20-14-34(46(56)30-61-48(58)29-54-49(59)64-51(5,6)7)26-39(44)40-27-35(15-21-45(40)55)47(57)31-62-50(60)63-37-22-24-52(8)36(28-37)16-17-38-42-19-18-41(33(4)13-11-12-32(2)3)53(42,9)25-23-43(38)52/h14-16,20-21,26-27,32-33,37-38,41-43H,10-13,17-19,22-25,28-31H2,1-9H3,(H,54,59)/t33-,37?,38+,41-,42+,43+,52+,53-/m1/s1. The number of aromatic nitrogens is 1. The lowest BCUT2D eigenvalue weighted by molar-refractivity contribution is -0.141. The number of carbonyl (C=O) groups excluding carboxylic acids is 5. The highest BCUT2D eigenvalue weighted by Crippen LogP contribution is 2.67. The molecule has 3 aromatic rings. The molecule has 4 aliphatic rings. The number of allylic oxidation sites excluding steroid dienone is 1. The van der Waals surface area contributed by atoms with Crippen LogP contribution in [0.4, 0.5) is 9.59 Å². The summed E-state index contributed by atoms with van der Waals surface area (Å²) in [5.74, 6) is 3.03. The SMILES string of the molecule is CCn1c2ccc(C(=O)COC(=O)CNC(=O)OC(C)(C)C)cc2c2cc(C(=O)COC(=O)OC3CC[C@@]4(C)C(=CC[C@H]5[C@@H]6CC[C@H]([C@H](C)CCCC(C)C)[C@@]6(C)CC[C@@H]54)C3)ccc21. The third kappa shape index (κ3) is 9.93. The summed E-state index contributed by atoms with van der Waals surface area (Å²) >= 11 is 0. The summed E-state index contributed by atoms with van der Waals surface area (Å²) in [6.45, 7) is 18.7. The molecule has 0 saturated heterocycles. The highest BCUT2D eigenvalue weighted by molar-refractivity contribution is 6.13. The predicted octanol–water partition coefficient (Wildman–Crippen LogP) is 11.8. The first kappa shape index (κ1) is 47.3. The summed E-state index contributed by atoms with van der Waals surface area (Å²) in [5, 5.41) is 3.83. The zero-order valence-electron chi connectivity index (χ0n) is 39.8. The van der Waals surface area contributed by atoms with Crippen molar-refractivity contribution in [2.24, 2.45) is 46.3 Å². The number of nitrogens with zero attached hydrogens (tertiary/aromatic N) is 1. The van der Waals surface area contributed by atoms with E-state index in [-0.39, 0.29) is 17.3 Å². The number of ether oxygens (including phenoxy) is 4. The Hall–Kier alpha value is -4.67. The van der Waals surface area contributed by atoms with Crippen LogP contribution in [0.2, 0.25) is 0 Å². The first-order chi connectivity index (χ1) is 30.3. The van der Waals surface area contributed by atoms with Gasteiger partial charge in [0.25, 0.3) is 0 Å². The monoisotopic (exact) mass is 881 g/mol. The van der Waals surface area contributed by atoms with E-state index in [0.29, 0.717) is 29.0 Å². The van der Waals surface area contributed by atoms with Gasteiger partial charge in [-0.3, -0.25) is 14.4 Å². The fraction of sp³-hybridized carbons (Fsp3) is 0.642. The maximum atomic E-state index is 13.5. The van der Waals surface area contributed by atoms with Crippen LogP contribution >= 0.6 is 0 Å². The lowest BCUT2D eigenvalue weighted by Crippen LogP contribution is -2.51. The molecule has 1 amide bonds. The first-order valence-electron chi connectivity index (χ1n) is 24.1. The van der Waals surface area contributed by atoms with Crippen LogP contribution in [0, 0.1) is 46.3 Å². The predicted molar refractivity (Wildman–Crippen MR) is 248 cm³/mol. The number of hydrogen-bond donors (Lipinski definition) is 1. The van der Waals surface area contributed by atoms with Crippen molar-refractivity contribution in [3.05, 3.63) is 59.2 Å². The van der Waals surface area contributed by atoms with Crippen molar-refractivity contribution in [1.82, 2.24) is 9.88 Å². The van der Waals surface area contributed by atoms with Gasteiger partial charge in [-0.15, -0.1) is 0 Å². The topological polar surface area (TPSA) is 139 Å². The second kappa shape index (κ2) is 19.0. The van der Waals surface area contributed by atoms with E-state index in [4.69, 9.17) is 18.9 Å².